The van der Waals surface area contributed by atoms with Gasteiger partial charge in [0.1, 0.15) is 0 Å². The zero-order valence-electron chi connectivity index (χ0n) is 11.4. The molecule has 0 fully saturated rings. The third kappa shape index (κ3) is 4.90. The van der Waals surface area contributed by atoms with Gasteiger partial charge in [-0.2, -0.15) is 5.10 Å². The molecule has 1 atom stereocenters. The highest BCUT2D eigenvalue weighted by Crippen LogP contribution is 2.17. The Hall–Kier alpha value is -0.830. The van der Waals surface area contributed by atoms with E-state index in [0.717, 1.165) is 13.0 Å². The van der Waals surface area contributed by atoms with E-state index < -0.39 is 0 Å². The van der Waals surface area contributed by atoms with E-state index in [2.05, 4.69) is 18.9 Å². The fourth-order valence-corrected chi connectivity index (χ4v) is 2.21. The molecule has 1 aromatic heterocycles. The molecule has 3 heteroatoms. The zero-order valence-corrected chi connectivity index (χ0v) is 11.4. The Morgan fingerprint density at radius 2 is 1.88 bits per heavy atom. The highest BCUT2D eigenvalue weighted by molar-refractivity contribution is 5.05. The van der Waals surface area contributed by atoms with Crippen molar-refractivity contribution in [3.8, 4) is 0 Å². The van der Waals surface area contributed by atoms with Gasteiger partial charge in [0.25, 0.3) is 0 Å². The summed E-state index contributed by atoms with van der Waals surface area (Å²) in [5.41, 5.74) is 7.38. The van der Waals surface area contributed by atoms with Crippen molar-refractivity contribution in [2.24, 2.45) is 5.73 Å². The van der Waals surface area contributed by atoms with Crippen molar-refractivity contribution >= 4 is 0 Å². The molecule has 0 aromatic carbocycles. The number of hydrogen-bond donors (Lipinski definition) is 1. The molecule has 2 N–H and O–H groups in total. The van der Waals surface area contributed by atoms with Crippen molar-refractivity contribution in [1.29, 1.82) is 0 Å². The summed E-state index contributed by atoms with van der Waals surface area (Å²) in [6.07, 6.45) is 10.9. The molecule has 0 aliphatic carbocycles. The first-order valence-corrected chi connectivity index (χ1v) is 7.06. The minimum absolute atomic E-state index is 0.156. The molecule has 0 radical (unpaired) electrons. The lowest BCUT2D eigenvalue weighted by atomic mass is 10.0. The summed E-state index contributed by atoms with van der Waals surface area (Å²) < 4.78 is 2.00. The molecule has 1 unspecified atom stereocenters. The number of nitrogens with two attached hydrogens (primary N) is 1. The highest BCUT2D eigenvalue weighted by atomic mass is 15.3. The molecule has 1 rings (SSSR count). The Bertz CT molecular complexity index is 293. The molecule has 0 saturated carbocycles. The van der Waals surface area contributed by atoms with E-state index in [-0.39, 0.29) is 6.04 Å². The van der Waals surface area contributed by atoms with Crippen LogP contribution < -0.4 is 5.73 Å². The van der Waals surface area contributed by atoms with E-state index in [1.807, 2.05) is 16.9 Å². The maximum Gasteiger partial charge on any atom is 0.0551 e. The van der Waals surface area contributed by atoms with Crippen molar-refractivity contribution in [3.05, 3.63) is 18.0 Å². The SMILES string of the molecule is CCCCCCCCC(N)c1ccnn1CC. The summed E-state index contributed by atoms with van der Waals surface area (Å²) in [6.45, 7) is 5.27. The van der Waals surface area contributed by atoms with Crippen LogP contribution in [-0.2, 0) is 6.54 Å². The van der Waals surface area contributed by atoms with Crippen LogP contribution in [0.4, 0.5) is 0 Å². The van der Waals surface area contributed by atoms with E-state index >= 15 is 0 Å². The number of unbranched alkanes of at least 4 members (excludes halogenated alkanes) is 5. The van der Waals surface area contributed by atoms with Crippen LogP contribution in [0, 0.1) is 0 Å². The van der Waals surface area contributed by atoms with E-state index in [9.17, 15) is 0 Å². The fraction of sp³-hybridized carbons (Fsp3) is 0.786. The van der Waals surface area contributed by atoms with Gasteiger partial charge in [0.15, 0.2) is 0 Å². The topological polar surface area (TPSA) is 43.8 Å². The average Bonchev–Trinajstić information content (AvgIpc) is 2.81. The lowest BCUT2D eigenvalue weighted by Gasteiger charge is -2.13. The van der Waals surface area contributed by atoms with Crippen LogP contribution in [0.3, 0.4) is 0 Å². The number of aryl methyl sites for hydroxylation is 1. The molecule has 17 heavy (non-hydrogen) atoms. The van der Waals surface area contributed by atoms with Crippen LogP contribution in [0.25, 0.3) is 0 Å². The van der Waals surface area contributed by atoms with Crippen LogP contribution in [0.2, 0.25) is 0 Å². The molecule has 0 aliphatic heterocycles. The predicted octanol–water partition coefficient (Wildman–Crippen LogP) is 3.65. The van der Waals surface area contributed by atoms with Crippen molar-refractivity contribution < 1.29 is 0 Å². The van der Waals surface area contributed by atoms with Crippen molar-refractivity contribution in [3.63, 3.8) is 0 Å². The van der Waals surface area contributed by atoms with Crippen molar-refractivity contribution in [2.45, 2.75) is 71.4 Å². The van der Waals surface area contributed by atoms with Crippen molar-refractivity contribution in [1.82, 2.24) is 9.78 Å². The maximum atomic E-state index is 6.20. The molecule has 0 saturated heterocycles. The first-order valence-electron chi connectivity index (χ1n) is 7.06. The van der Waals surface area contributed by atoms with Gasteiger partial charge in [-0.15, -0.1) is 0 Å². The second-order valence-corrected chi connectivity index (χ2v) is 4.73. The van der Waals surface area contributed by atoms with E-state index in [0.29, 0.717) is 0 Å². The first-order chi connectivity index (χ1) is 8.29. The largest absolute Gasteiger partial charge is 0.323 e. The van der Waals surface area contributed by atoms with E-state index in [1.165, 1.54) is 44.2 Å². The van der Waals surface area contributed by atoms with E-state index in [4.69, 9.17) is 5.73 Å². The highest BCUT2D eigenvalue weighted by Gasteiger charge is 2.10. The summed E-state index contributed by atoms with van der Waals surface area (Å²) in [7, 11) is 0. The quantitative estimate of drug-likeness (QED) is 0.666. The van der Waals surface area contributed by atoms with Crippen molar-refractivity contribution in [2.75, 3.05) is 0 Å². The Morgan fingerprint density at radius 3 is 2.59 bits per heavy atom. The van der Waals surface area contributed by atoms with Gasteiger partial charge < -0.3 is 5.73 Å². The first kappa shape index (κ1) is 14.2. The maximum absolute atomic E-state index is 6.20. The molecule has 0 amide bonds. The third-order valence-corrected chi connectivity index (χ3v) is 3.30. The van der Waals surface area contributed by atoms with Gasteiger partial charge in [0, 0.05) is 18.8 Å². The van der Waals surface area contributed by atoms with Gasteiger partial charge in [-0.25, -0.2) is 0 Å². The minimum atomic E-state index is 0.156. The number of rotatable bonds is 9. The molecule has 1 aromatic rings. The normalized spacial score (nSPS) is 12.9. The van der Waals surface area contributed by atoms with Crippen LogP contribution in [0.5, 0.6) is 0 Å². The Kier molecular flexibility index (Phi) is 6.94. The number of hydrogen-bond acceptors (Lipinski definition) is 2. The zero-order chi connectivity index (χ0) is 12.5. The average molecular weight is 237 g/mol. The van der Waals surface area contributed by atoms with E-state index in [1.54, 1.807) is 0 Å². The molecule has 0 aliphatic rings. The molecule has 0 spiro atoms. The van der Waals surface area contributed by atoms with Crippen LogP contribution >= 0.6 is 0 Å². The molecule has 98 valence electrons. The summed E-state index contributed by atoms with van der Waals surface area (Å²) in [5, 5.41) is 4.26. The Balaban J connectivity index is 2.19. The lowest BCUT2D eigenvalue weighted by molar-refractivity contribution is 0.509. The number of nitrogens with zero attached hydrogens (tertiary/aromatic N) is 2. The standard InChI is InChI=1S/C14H27N3/c1-3-5-6-7-8-9-10-13(15)14-11-12-16-17(14)4-2/h11-13H,3-10,15H2,1-2H3. The summed E-state index contributed by atoms with van der Waals surface area (Å²) in [5.74, 6) is 0. The number of aromatic nitrogens is 2. The van der Waals surface area contributed by atoms with Gasteiger partial charge >= 0.3 is 0 Å². The fourth-order valence-electron chi connectivity index (χ4n) is 2.21. The minimum Gasteiger partial charge on any atom is -0.323 e. The smallest absolute Gasteiger partial charge is 0.0551 e. The molecule has 0 bridgehead atoms. The molecule has 1 heterocycles. The predicted molar refractivity (Wildman–Crippen MR) is 72.8 cm³/mol. The van der Waals surface area contributed by atoms with Crippen LogP contribution in [0.15, 0.2) is 12.3 Å². The van der Waals surface area contributed by atoms with Gasteiger partial charge in [-0.1, -0.05) is 45.4 Å². The molecule has 3 nitrogen and oxygen atoms in total. The third-order valence-electron chi connectivity index (χ3n) is 3.30. The summed E-state index contributed by atoms with van der Waals surface area (Å²) >= 11 is 0. The molecular formula is C14H27N3. The van der Waals surface area contributed by atoms with Crippen LogP contribution in [0.1, 0.15) is 70.5 Å². The summed E-state index contributed by atoms with van der Waals surface area (Å²) in [4.78, 5) is 0. The second kappa shape index (κ2) is 8.29. The monoisotopic (exact) mass is 237 g/mol. The van der Waals surface area contributed by atoms with Gasteiger partial charge in [0.05, 0.1) is 5.69 Å². The van der Waals surface area contributed by atoms with Gasteiger partial charge in [0.2, 0.25) is 0 Å². The van der Waals surface area contributed by atoms with Gasteiger partial charge in [-0.3, -0.25) is 4.68 Å². The lowest BCUT2D eigenvalue weighted by Crippen LogP contribution is -2.15. The second-order valence-electron chi connectivity index (χ2n) is 4.73. The van der Waals surface area contributed by atoms with Gasteiger partial charge in [-0.05, 0) is 19.4 Å². The molecular weight excluding hydrogens is 210 g/mol. The van der Waals surface area contributed by atoms with Crippen LogP contribution in [-0.4, -0.2) is 9.78 Å². The Morgan fingerprint density at radius 1 is 1.18 bits per heavy atom. The Labute approximate surface area is 105 Å². The summed E-state index contributed by atoms with van der Waals surface area (Å²) in [6, 6.07) is 2.20.